The third kappa shape index (κ3) is 1.62. The van der Waals surface area contributed by atoms with Gasteiger partial charge in [-0.15, -0.1) is 0 Å². The molecule has 1 rings (SSSR count). The van der Waals surface area contributed by atoms with Crippen molar-refractivity contribution in [2.75, 3.05) is 7.11 Å². The zero-order chi connectivity index (χ0) is 10.9. The van der Waals surface area contributed by atoms with Gasteiger partial charge in [-0.1, -0.05) is 0 Å². The summed E-state index contributed by atoms with van der Waals surface area (Å²) in [4.78, 5) is 23.2. The fraction of sp³-hybridized carbons (Fsp3) is 0.500. The number of aromatic nitrogens is 2. The molecule has 6 heteroatoms. The van der Waals surface area contributed by atoms with Crippen LogP contribution in [0.3, 0.4) is 0 Å². The summed E-state index contributed by atoms with van der Waals surface area (Å²) in [7, 11) is 3.03. The van der Waals surface area contributed by atoms with E-state index in [1.54, 1.807) is 20.9 Å². The SMILES string of the molecule is COSn1c(=O)c(C)c(C)n(C)c1=O. The van der Waals surface area contributed by atoms with E-state index in [2.05, 4.69) is 0 Å². The lowest BCUT2D eigenvalue weighted by Gasteiger charge is -2.09. The van der Waals surface area contributed by atoms with Crippen molar-refractivity contribution in [3.05, 3.63) is 32.1 Å². The van der Waals surface area contributed by atoms with Crippen molar-refractivity contribution in [1.29, 1.82) is 0 Å². The summed E-state index contributed by atoms with van der Waals surface area (Å²) >= 11 is 0.736. The van der Waals surface area contributed by atoms with Gasteiger partial charge in [0.15, 0.2) is 0 Å². The Labute approximate surface area is 85.7 Å². The van der Waals surface area contributed by atoms with E-state index in [-0.39, 0.29) is 11.2 Å². The molecule has 0 radical (unpaired) electrons. The van der Waals surface area contributed by atoms with Crippen molar-refractivity contribution in [2.24, 2.45) is 7.05 Å². The van der Waals surface area contributed by atoms with E-state index >= 15 is 0 Å². The minimum Gasteiger partial charge on any atom is -0.300 e. The van der Waals surface area contributed by atoms with Crippen molar-refractivity contribution >= 4 is 12.2 Å². The average molecular weight is 216 g/mol. The quantitative estimate of drug-likeness (QED) is 0.664. The van der Waals surface area contributed by atoms with Crippen LogP contribution in [-0.2, 0) is 11.2 Å². The Kier molecular flexibility index (Phi) is 3.17. The lowest BCUT2D eigenvalue weighted by molar-refractivity contribution is 0.481. The molecule has 0 N–H and O–H groups in total. The topological polar surface area (TPSA) is 53.2 Å². The van der Waals surface area contributed by atoms with Gasteiger partial charge in [-0.2, -0.15) is 3.97 Å². The zero-order valence-corrected chi connectivity index (χ0v) is 9.34. The number of hydrogen-bond donors (Lipinski definition) is 0. The Morgan fingerprint density at radius 1 is 1.29 bits per heavy atom. The Balaban J connectivity index is 3.61. The van der Waals surface area contributed by atoms with Crippen LogP contribution in [0.5, 0.6) is 0 Å². The van der Waals surface area contributed by atoms with E-state index in [4.69, 9.17) is 4.18 Å². The van der Waals surface area contributed by atoms with Gasteiger partial charge < -0.3 is 0 Å². The normalized spacial score (nSPS) is 10.6. The molecular formula is C8H12N2O3S. The summed E-state index contributed by atoms with van der Waals surface area (Å²) in [5.41, 5.74) is 0.520. The first-order chi connectivity index (χ1) is 6.50. The van der Waals surface area contributed by atoms with Gasteiger partial charge in [0.2, 0.25) is 0 Å². The Morgan fingerprint density at radius 3 is 2.36 bits per heavy atom. The molecule has 0 unspecified atom stereocenters. The van der Waals surface area contributed by atoms with Crippen LogP contribution in [0.15, 0.2) is 9.59 Å². The molecule has 1 aromatic rings. The van der Waals surface area contributed by atoms with Gasteiger partial charge in [-0.05, 0) is 13.8 Å². The summed E-state index contributed by atoms with van der Waals surface area (Å²) in [6.45, 7) is 3.42. The van der Waals surface area contributed by atoms with Crippen LogP contribution in [0, 0.1) is 13.8 Å². The molecule has 0 atom stereocenters. The van der Waals surface area contributed by atoms with Crippen molar-refractivity contribution in [2.45, 2.75) is 13.8 Å². The second-order valence-corrected chi connectivity index (χ2v) is 3.74. The first kappa shape index (κ1) is 11.1. The van der Waals surface area contributed by atoms with E-state index in [0.29, 0.717) is 11.3 Å². The second-order valence-electron chi connectivity index (χ2n) is 2.89. The average Bonchev–Trinajstić information content (AvgIpc) is 2.19. The van der Waals surface area contributed by atoms with Crippen LogP contribution >= 0.6 is 12.2 Å². The molecule has 78 valence electrons. The molecule has 0 aliphatic carbocycles. The number of nitrogens with zero attached hydrogens (tertiary/aromatic N) is 2. The zero-order valence-electron chi connectivity index (χ0n) is 8.53. The molecule has 0 aliphatic heterocycles. The van der Waals surface area contributed by atoms with Gasteiger partial charge >= 0.3 is 5.69 Å². The molecule has 0 saturated carbocycles. The van der Waals surface area contributed by atoms with Crippen LogP contribution in [-0.4, -0.2) is 15.6 Å². The highest BCUT2D eigenvalue weighted by Crippen LogP contribution is 2.01. The highest BCUT2D eigenvalue weighted by atomic mass is 32.2. The van der Waals surface area contributed by atoms with Gasteiger partial charge in [0.05, 0.1) is 7.11 Å². The van der Waals surface area contributed by atoms with E-state index in [1.165, 1.54) is 11.7 Å². The Morgan fingerprint density at radius 2 is 1.86 bits per heavy atom. The maximum absolute atomic E-state index is 11.6. The molecule has 0 aromatic carbocycles. The summed E-state index contributed by atoms with van der Waals surface area (Å²) in [6, 6.07) is 0. The van der Waals surface area contributed by atoms with Crippen molar-refractivity contribution < 1.29 is 4.18 Å². The van der Waals surface area contributed by atoms with E-state index in [0.717, 1.165) is 16.2 Å². The van der Waals surface area contributed by atoms with Gasteiger partial charge in [-0.3, -0.25) is 13.5 Å². The smallest absolute Gasteiger partial charge is 0.300 e. The Bertz CT molecular complexity index is 424. The van der Waals surface area contributed by atoms with Gasteiger partial charge in [-0.25, -0.2) is 4.79 Å². The molecule has 14 heavy (non-hydrogen) atoms. The maximum Gasteiger partial charge on any atom is 0.343 e. The van der Waals surface area contributed by atoms with Gasteiger partial charge in [0.1, 0.15) is 12.2 Å². The summed E-state index contributed by atoms with van der Waals surface area (Å²) in [5, 5.41) is 0. The van der Waals surface area contributed by atoms with Crippen molar-refractivity contribution in [1.82, 2.24) is 8.54 Å². The van der Waals surface area contributed by atoms with Crippen molar-refractivity contribution in [3.8, 4) is 0 Å². The molecule has 0 bridgehead atoms. The van der Waals surface area contributed by atoms with Crippen molar-refractivity contribution in [3.63, 3.8) is 0 Å². The number of hydrogen-bond acceptors (Lipinski definition) is 4. The summed E-state index contributed by atoms with van der Waals surface area (Å²) in [5.74, 6) is 0. The third-order valence-electron chi connectivity index (χ3n) is 2.16. The predicted octanol–water partition coefficient (Wildman–Crippen LogP) is 0.222. The highest BCUT2D eigenvalue weighted by molar-refractivity contribution is 7.93. The molecule has 0 saturated heterocycles. The van der Waals surface area contributed by atoms with Crippen LogP contribution in [0.1, 0.15) is 11.3 Å². The largest absolute Gasteiger partial charge is 0.343 e. The summed E-state index contributed by atoms with van der Waals surface area (Å²) in [6.07, 6.45) is 0. The highest BCUT2D eigenvalue weighted by Gasteiger charge is 2.11. The van der Waals surface area contributed by atoms with Crippen LogP contribution in [0.25, 0.3) is 0 Å². The number of rotatable bonds is 2. The Hall–Kier alpha value is -1.01. The first-order valence-corrected chi connectivity index (χ1v) is 4.71. The predicted molar refractivity (Wildman–Crippen MR) is 55.4 cm³/mol. The lowest BCUT2D eigenvalue weighted by Crippen LogP contribution is -2.38. The minimum absolute atomic E-state index is 0.322. The first-order valence-electron chi connectivity index (χ1n) is 4.01. The molecule has 0 aliphatic rings. The fourth-order valence-electron chi connectivity index (χ4n) is 1.07. The van der Waals surface area contributed by atoms with E-state index < -0.39 is 0 Å². The van der Waals surface area contributed by atoms with E-state index in [1.807, 2.05) is 0 Å². The molecule has 1 heterocycles. The van der Waals surface area contributed by atoms with Crippen LogP contribution in [0.4, 0.5) is 0 Å². The second kappa shape index (κ2) is 4.02. The standard InChI is InChI=1S/C8H12N2O3S/c1-5-6(2)9(3)8(12)10(7(5)11)14-13-4/h1-4H3. The van der Waals surface area contributed by atoms with Crippen LogP contribution in [0.2, 0.25) is 0 Å². The lowest BCUT2D eigenvalue weighted by atomic mass is 10.3. The van der Waals surface area contributed by atoms with Gasteiger partial charge in [0.25, 0.3) is 5.56 Å². The third-order valence-corrected chi connectivity index (χ3v) is 2.78. The minimum atomic E-state index is -0.384. The molecule has 1 aromatic heterocycles. The summed E-state index contributed by atoms with van der Waals surface area (Å²) < 4.78 is 7.11. The molecular weight excluding hydrogens is 204 g/mol. The molecule has 5 nitrogen and oxygen atoms in total. The molecule has 0 spiro atoms. The fourth-order valence-corrected chi connectivity index (χ4v) is 1.61. The van der Waals surface area contributed by atoms with E-state index in [9.17, 15) is 9.59 Å². The van der Waals surface area contributed by atoms with Gasteiger partial charge in [0, 0.05) is 18.3 Å². The molecule has 0 fully saturated rings. The maximum atomic E-state index is 11.6. The van der Waals surface area contributed by atoms with Crippen LogP contribution < -0.4 is 11.2 Å². The monoisotopic (exact) mass is 216 g/mol. The molecule has 0 amide bonds.